The largest absolute Gasteiger partial charge is 0.406 e. The van der Waals surface area contributed by atoms with E-state index in [-0.39, 0.29) is 11.6 Å². The first kappa shape index (κ1) is 28.0. The van der Waals surface area contributed by atoms with Crippen LogP contribution < -0.4 is 10.2 Å². The van der Waals surface area contributed by atoms with Gasteiger partial charge >= 0.3 is 0 Å². The van der Waals surface area contributed by atoms with Crippen LogP contribution in [0.1, 0.15) is 5.56 Å². The molecule has 0 unspecified atom stereocenters. The van der Waals surface area contributed by atoms with Gasteiger partial charge in [-0.05, 0) is 64.3 Å². The lowest BCUT2D eigenvalue weighted by atomic mass is 9.30. The number of hydrogen-bond acceptors (Lipinski definition) is 6. The Morgan fingerprint density at radius 3 is 2.03 bits per heavy atom. The van der Waals surface area contributed by atoms with Crippen LogP contribution in [0.3, 0.4) is 0 Å². The lowest BCUT2D eigenvalue weighted by Gasteiger charge is -2.73. The van der Waals surface area contributed by atoms with Crippen molar-refractivity contribution in [1.82, 2.24) is 19.7 Å². The average molecular weight is 505 g/mol. The van der Waals surface area contributed by atoms with Gasteiger partial charge in [0.15, 0.2) is 0 Å². The van der Waals surface area contributed by atoms with Crippen LogP contribution in [0.15, 0.2) is 42.7 Å². The SMILES string of the molecule is [B]C1([B])OC([B])([B])C([B])([B])N(C2CN(c3cc(C)cc(Nc4ncn(-c5cc(F)cc(F)c5)n4)c3)C2)C1([B])[B]. The molecular weight excluding hydrogens is 489 g/mol. The molecule has 2 aliphatic rings. The van der Waals surface area contributed by atoms with Gasteiger partial charge in [0.1, 0.15) is 18.0 Å². The van der Waals surface area contributed by atoms with Crippen LogP contribution >= 0.6 is 0 Å². The fraction of sp³-hybridized carbons (Fsp3) is 0.364. The van der Waals surface area contributed by atoms with Gasteiger partial charge in [-0.25, -0.2) is 13.5 Å². The van der Waals surface area contributed by atoms with E-state index >= 15 is 0 Å². The van der Waals surface area contributed by atoms with Crippen molar-refractivity contribution in [3.05, 3.63) is 59.9 Å². The van der Waals surface area contributed by atoms with Crippen molar-refractivity contribution < 1.29 is 13.5 Å². The molecule has 3 heterocycles. The zero-order valence-electron chi connectivity index (χ0n) is 21.1. The summed E-state index contributed by atoms with van der Waals surface area (Å²) in [7, 11) is 49.0. The minimum atomic E-state index is -2.16. The number of hydrogen-bond donors (Lipinski definition) is 1. The van der Waals surface area contributed by atoms with E-state index in [4.69, 9.17) is 67.5 Å². The van der Waals surface area contributed by atoms with Gasteiger partial charge in [-0.2, -0.15) is 4.98 Å². The van der Waals surface area contributed by atoms with E-state index in [9.17, 15) is 8.78 Å². The molecule has 2 aliphatic heterocycles. The van der Waals surface area contributed by atoms with Gasteiger partial charge in [-0.1, -0.05) is 0 Å². The highest BCUT2D eigenvalue weighted by atomic mass is 19.1. The molecular formula is C22H16B8F2N6O. The summed E-state index contributed by atoms with van der Waals surface area (Å²) in [5.41, 5.74) is 2.64. The molecule has 5 rings (SSSR count). The first-order chi connectivity index (χ1) is 18.0. The Balaban J connectivity index is 1.33. The first-order valence-corrected chi connectivity index (χ1v) is 11.8. The summed E-state index contributed by atoms with van der Waals surface area (Å²) in [6.45, 7) is 2.66. The lowest BCUT2D eigenvalue weighted by molar-refractivity contribution is -0.129. The van der Waals surface area contributed by atoms with Crippen molar-refractivity contribution in [1.29, 1.82) is 0 Å². The summed E-state index contributed by atoms with van der Waals surface area (Å²) in [6.07, 6.45) is 1.34. The van der Waals surface area contributed by atoms with Crippen LogP contribution in [0.4, 0.5) is 26.1 Å². The molecule has 1 N–H and O–H groups in total. The zero-order valence-corrected chi connectivity index (χ0v) is 21.1. The highest BCUT2D eigenvalue weighted by Crippen LogP contribution is 2.43. The van der Waals surface area contributed by atoms with E-state index in [0.717, 1.165) is 29.4 Å². The molecule has 7 nitrogen and oxygen atoms in total. The quantitative estimate of drug-likeness (QED) is 0.454. The number of nitrogens with zero attached hydrogens (tertiary/aromatic N) is 5. The van der Waals surface area contributed by atoms with Crippen molar-refractivity contribution >= 4 is 80.1 Å². The van der Waals surface area contributed by atoms with Crippen LogP contribution in [0.25, 0.3) is 5.69 Å². The van der Waals surface area contributed by atoms with Gasteiger partial charge in [0.25, 0.3) is 0 Å². The Morgan fingerprint density at radius 2 is 1.44 bits per heavy atom. The Kier molecular flexibility index (Phi) is 6.66. The monoisotopic (exact) mass is 506 g/mol. The van der Waals surface area contributed by atoms with Gasteiger partial charge in [0.05, 0.1) is 68.5 Å². The molecule has 16 radical (unpaired) electrons. The molecule has 3 aromatic rings. The predicted octanol–water partition coefficient (Wildman–Crippen LogP) is -0.918. The number of aryl methyl sites for hydroxylation is 1. The predicted molar refractivity (Wildman–Crippen MR) is 152 cm³/mol. The number of aromatic nitrogens is 3. The molecule has 2 aromatic carbocycles. The van der Waals surface area contributed by atoms with Crippen molar-refractivity contribution in [2.45, 2.75) is 34.4 Å². The zero-order chi connectivity index (χ0) is 28.5. The maximum atomic E-state index is 13.6. The van der Waals surface area contributed by atoms with Gasteiger partial charge in [0.2, 0.25) is 5.95 Å². The average Bonchev–Trinajstić information content (AvgIpc) is 3.21. The maximum Gasteiger partial charge on any atom is 0.246 e. The fourth-order valence-electron chi connectivity index (χ4n) is 4.82. The first-order valence-electron chi connectivity index (χ1n) is 11.8. The second-order valence-corrected chi connectivity index (χ2v) is 10.1. The van der Waals surface area contributed by atoms with Crippen LogP contribution in [-0.2, 0) is 4.74 Å². The summed E-state index contributed by atoms with van der Waals surface area (Å²) in [5.74, 6) is -1.22. The van der Waals surface area contributed by atoms with Crippen LogP contribution in [-0.4, -0.2) is 123 Å². The van der Waals surface area contributed by atoms with Gasteiger partial charge in [-0.3, -0.25) is 0 Å². The van der Waals surface area contributed by atoms with Gasteiger partial charge in [0, 0.05) is 36.6 Å². The number of morpholine rings is 1. The van der Waals surface area contributed by atoms with Crippen molar-refractivity contribution in [2.24, 2.45) is 0 Å². The van der Waals surface area contributed by atoms with Crippen LogP contribution in [0.2, 0.25) is 0 Å². The second kappa shape index (κ2) is 9.26. The minimum Gasteiger partial charge on any atom is -0.406 e. The minimum absolute atomic E-state index is 0.192. The highest BCUT2D eigenvalue weighted by molar-refractivity contribution is 6.59. The topological polar surface area (TPSA) is 58.5 Å². The van der Waals surface area contributed by atoms with Crippen LogP contribution in [0, 0.1) is 18.6 Å². The molecule has 2 saturated heterocycles. The Hall–Kier alpha value is -2.52. The van der Waals surface area contributed by atoms with E-state index in [2.05, 4.69) is 15.4 Å². The number of nitrogens with one attached hydrogen (secondary N) is 1. The van der Waals surface area contributed by atoms with Crippen molar-refractivity contribution in [3.8, 4) is 5.69 Å². The third-order valence-corrected chi connectivity index (χ3v) is 6.90. The number of ether oxygens (including phenoxy) is 1. The number of halogens is 2. The van der Waals surface area contributed by atoms with Crippen molar-refractivity contribution in [3.63, 3.8) is 0 Å². The summed E-state index contributed by atoms with van der Waals surface area (Å²) >= 11 is 0. The third-order valence-electron chi connectivity index (χ3n) is 6.90. The number of anilines is 3. The molecule has 17 heteroatoms. The standard InChI is InChI=1S/C22H16B8F2N6O/c1-11-2-14(34-18-33-10-37(35-18)16-5-12(31)4-13(32)6-16)7-15(3-11)36-8-17(9-36)38-19(23,24)21(27,28)39-22(29,30)20(38,25)26/h2-7,10,17H,8-9H2,1H3,(H,34,35). The number of rotatable bonds is 5. The lowest BCUT2D eigenvalue weighted by Crippen LogP contribution is -2.89. The van der Waals surface area contributed by atoms with E-state index in [1.165, 1.54) is 15.9 Å². The summed E-state index contributed by atoms with van der Waals surface area (Å²) in [5, 5.41) is -0.985. The molecule has 0 atom stereocenters. The normalized spacial score (nSPS) is 21.8. The fourth-order valence-corrected chi connectivity index (χ4v) is 4.82. The summed E-state index contributed by atoms with van der Waals surface area (Å²) < 4.78 is 33.7. The van der Waals surface area contributed by atoms with E-state index in [0.29, 0.717) is 18.8 Å². The van der Waals surface area contributed by atoms with Gasteiger partial charge in [-0.15, -0.1) is 5.10 Å². The molecule has 1 aromatic heterocycles. The van der Waals surface area contributed by atoms with E-state index in [1.807, 2.05) is 30.0 Å². The highest BCUT2D eigenvalue weighted by Gasteiger charge is 2.59. The van der Waals surface area contributed by atoms with E-state index < -0.39 is 39.2 Å². The molecule has 0 amide bonds. The van der Waals surface area contributed by atoms with Crippen molar-refractivity contribution in [2.75, 3.05) is 23.3 Å². The third kappa shape index (κ3) is 4.86. The molecule has 0 saturated carbocycles. The van der Waals surface area contributed by atoms with Crippen LogP contribution in [0.5, 0.6) is 0 Å². The molecule has 0 bridgehead atoms. The Bertz CT molecular complexity index is 1370. The Morgan fingerprint density at radius 1 is 0.846 bits per heavy atom. The number of benzene rings is 2. The molecule has 178 valence electrons. The van der Waals surface area contributed by atoms with Gasteiger partial charge < -0.3 is 19.9 Å². The van der Waals surface area contributed by atoms with E-state index in [1.54, 1.807) is 0 Å². The summed E-state index contributed by atoms with van der Waals surface area (Å²) in [6, 6.07) is 8.36. The molecule has 2 fully saturated rings. The maximum absolute atomic E-state index is 13.6. The second-order valence-electron chi connectivity index (χ2n) is 10.1. The molecule has 39 heavy (non-hydrogen) atoms. The Labute approximate surface area is 236 Å². The smallest absolute Gasteiger partial charge is 0.246 e. The summed E-state index contributed by atoms with van der Waals surface area (Å²) in [4.78, 5) is 7.48. The molecule has 0 spiro atoms. The molecule has 0 aliphatic carbocycles.